The highest BCUT2D eigenvalue weighted by atomic mass is 35.6. The lowest BCUT2D eigenvalue weighted by Gasteiger charge is -2.40. The van der Waals surface area contributed by atoms with Crippen molar-refractivity contribution in [2.75, 3.05) is 0 Å². The van der Waals surface area contributed by atoms with Crippen LogP contribution in [-0.4, -0.2) is 17.8 Å². The average Bonchev–Trinajstić information content (AvgIpc) is 2.11. The summed E-state index contributed by atoms with van der Waals surface area (Å²) in [6, 6.07) is 0. The third-order valence-electron chi connectivity index (χ3n) is 1.98. The molecule has 98 valence electrons. The van der Waals surface area contributed by atoms with Crippen molar-refractivity contribution < 1.29 is 0 Å². The Labute approximate surface area is 136 Å². The molecule has 16 heavy (non-hydrogen) atoms. The van der Waals surface area contributed by atoms with E-state index in [1.54, 1.807) is 0 Å². The van der Waals surface area contributed by atoms with E-state index in [1.807, 2.05) is 6.92 Å². The van der Waals surface area contributed by atoms with Gasteiger partial charge < -0.3 is 0 Å². The molecule has 0 saturated carbocycles. The minimum Gasteiger partial charge on any atom is -0.120 e. The van der Waals surface area contributed by atoms with Gasteiger partial charge in [-0.15, -0.1) is 11.6 Å². The summed E-state index contributed by atoms with van der Waals surface area (Å²) in [7, 11) is 0. The first-order valence-electron chi connectivity index (χ1n) is 4.45. The van der Waals surface area contributed by atoms with Crippen LogP contribution in [0.25, 0.3) is 0 Å². The minimum atomic E-state index is -2.04. The van der Waals surface area contributed by atoms with Gasteiger partial charge in [0.05, 0.1) is 5.38 Å². The molecule has 0 nitrogen and oxygen atoms in total. The molecule has 0 bridgehead atoms. The highest BCUT2D eigenvalue weighted by Crippen LogP contribution is 2.58. The van der Waals surface area contributed by atoms with E-state index in [4.69, 9.17) is 92.8 Å². The summed E-state index contributed by atoms with van der Waals surface area (Å²) in [5.41, 5.74) is 0. The van der Waals surface area contributed by atoms with Crippen LogP contribution in [0.3, 0.4) is 0 Å². The number of hydrogen-bond donors (Lipinski definition) is 0. The fourth-order valence-electron chi connectivity index (χ4n) is 0.950. The van der Waals surface area contributed by atoms with Gasteiger partial charge >= 0.3 is 0 Å². The molecular formula is C8H10Cl8. The highest BCUT2D eigenvalue weighted by Gasteiger charge is 2.62. The number of rotatable bonds is 5. The quantitative estimate of drug-likeness (QED) is 0.471. The smallest absolute Gasteiger partial charge is 0.120 e. The molecule has 0 aromatic heterocycles. The third kappa shape index (κ3) is 4.17. The normalized spacial score (nSPS) is 16.3. The van der Waals surface area contributed by atoms with Crippen LogP contribution in [0, 0.1) is 0 Å². The fraction of sp³-hybridized carbons (Fsp3) is 1.00. The Morgan fingerprint density at radius 3 is 1.69 bits per heavy atom. The summed E-state index contributed by atoms with van der Waals surface area (Å²) in [4.78, 5) is 0. The van der Waals surface area contributed by atoms with E-state index >= 15 is 0 Å². The standard InChI is InChI=1S/C8H10Cl8/c1-2-3-4-5(9)6(10,11)7(12,13)8(14,15)16/h5H,2-4H2,1H3. The van der Waals surface area contributed by atoms with Gasteiger partial charge in [-0.05, 0) is 6.42 Å². The maximum Gasteiger partial charge on any atom is 0.226 e. The summed E-state index contributed by atoms with van der Waals surface area (Å²) in [5.74, 6) is 0. The topological polar surface area (TPSA) is 0 Å². The van der Waals surface area contributed by atoms with E-state index in [9.17, 15) is 0 Å². The molecule has 1 atom stereocenters. The molecular weight excluding hydrogens is 380 g/mol. The SMILES string of the molecule is CCCCC(Cl)C(Cl)(Cl)C(Cl)(Cl)C(Cl)(Cl)Cl. The number of alkyl halides is 8. The Morgan fingerprint density at radius 2 is 1.38 bits per heavy atom. The van der Waals surface area contributed by atoms with Gasteiger partial charge in [0, 0.05) is 0 Å². The molecule has 0 aliphatic heterocycles. The van der Waals surface area contributed by atoms with Gasteiger partial charge in [-0.1, -0.05) is 101 Å². The van der Waals surface area contributed by atoms with Crippen LogP contribution >= 0.6 is 92.8 Å². The molecule has 0 fully saturated rings. The maximum absolute atomic E-state index is 6.03. The van der Waals surface area contributed by atoms with Crippen molar-refractivity contribution >= 4 is 92.8 Å². The molecule has 0 radical (unpaired) electrons. The monoisotopic (exact) mass is 386 g/mol. The van der Waals surface area contributed by atoms with Gasteiger partial charge in [0.2, 0.25) is 3.79 Å². The molecule has 0 aromatic rings. The minimum absolute atomic E-state index is 0.521. The summed E-state index contributed by atoms with van der Waals surface area (Å²) >= 11 is 46.7. The Bertz CT molecular complexity index is 219. The van der Waals surface area contributed by atoms with Crippen LogP contribution in [0.15, 0.2) is 0 Å². The fourth-order valence-corrected chi connectivity index (χ4v) is 2.88. The van der Waals surface area contributed by atoms with Gasteiger partial charge in [0.1, 0.15) is 0 Å². The lowest BCUT2D eigenvalue weighted by molar-refractivity contribution is 0.569. The first-order chi connectivity index (χ1) is 6.98. The Hall–Kier alpha value is 2.32. The average molecular weight is 390 g/mol. The van der Waals surface area contributed by atoms with Gasteiger partial charge in [0.25, 0.3) is 0 Å². The third-order valence-corrected chi connectivity index (χ3v) is 6.82. The van der Waals surface area contributed by atoms with Crippen molar-refractivity contribution in [3.8, 4) is 0 Å². The van der Waals surface area contributed by atoms with E-state index < -0.39 is 17.8 Å². The van der Waals surface area contributed by atoms with E-state index in [2.05, 4.69) is 0 Å². The van der Waals surface area contributed by atoms with Gasteiger partial charge in [-0.25, -0.2) is 0 Å². The van der Waals surface area contributed by atoms with E-state index in [0.29, 0.717) is 6.42 Å². The number of halogens is 8. The molecule has 0 spiro atoms. The highest BCUT2D eigenvalue weighted by molar-refractivity contribution is 6.79. The van der Waals surface area contributed by atoms with Gasteiger partial charge in [-0.2, -0.15) is 0 Å². The van der Waals surface area contributed by atoms with Crippen molar-refractivity contribution in [2.24, 2.45) is 0 Å². The second kappa shape index (κ2) is 6.66. The Balaban J connectivity index is 4.89. The van der Waals surface area contributed by atoms with Crippen molar-refractivity contribution in [1.29, 1.82) is 0 Å². The largest absolute Gasteiger partial charge is 0.226 e. The first-order valence-corrected chi connectivity index (χ1v) is 7.53. The zero-order chi connectivity index (χ0) is 13.2. The molecule has 0 saturated heterocycles. The predicted octanol–water partition coefficient (Wildman–Crippen LogP) is 6.50. The van der Waals surface area contributed by atoms with Crippen LogP contribution in [0.5, 0.6) is 0 Å². The van der Waals surface area contributed by atoms with Crippen LogP contribution in [0.2, 0.25) is 0 Å². The van der Waals surface area contributed by atoms with Gasteiger partial charge in [0.15, 0.2) is 8.67 Å². The predicted molar refractivity (Wildman–Crippen MR) is 78.3 cm³/mol. The van der Waals surface area contributed by atoms with Crippen molar-refractivity contribution in [1.82, 2.24) is 0 Å². The van der Waals surface area contributed by atoms with Crippen LogP contribution in [-0.2, 0) is 0 Å². The van der Waals surface area contributed by atoms with Crippen LogP contribution in [0.1, 0.15) is 26.2 Å². The zero-order valence-electron chi connectivity index (χ0n) is 8.22. The Kier molecular flexibility index (Phi) is 7.62. The van der Waals surface area contributed by atoms with Crippen molar-refractivity contribution in [3.63, 3.8) is 0 Å². The zero-order valence-corrected chi connectivity index (χ0v) is 14.3. The van der Waals surface area contributed by atoms with E-state index in [1.165, 1.54) is 0 Å². The Morgan fingerprint density at radius 1 is 0.938 bits per heavy atom. The number of unbranched alkanes of at least 4 members (excludes halogenated alkanes) is 1. The van der Waals surface area contributed by atoms with Crippen molar-refractivity contribution in [2.45, 2.75) is 44.0 Å². The summed E-state index contributed by atoms with van der Waals surface area (Å²) in [6.45, 7) is 2.00. The second-order valence-corrected chi connectivity index (χ2v) is 8.83. The van der Waals surface area contributed by atoms with E-state index in [0.717, 1.165) is 12.8 Å². The number of hydrogen-bond acceptors (Lipinski definition) is 0. The summed E-state index contributed by atoms with van der Waals surface area (Å²) in [6.07, 6.45) is 2.27. The molecule has 8 heteroatoms. The molecule has 0 amide bonds. The lowest BCUT2D eigenvalue weighted by atomic mass is 10.1. The lowest BCUT2D eigenvalue weighted by Crippen LogP contribution is -2.51. The van der Waals surface area contributed by atoms with Crippen LogP contribution < -0.4 is 0 Å². The molecule has 0 heterocycles. The molecule has 1 unspecified atom stereocenters. The summed E-state index contributed by atoms with van der Waals surface area (Å²) in [5, 5.41) is -0.721. The molecule has 0 rings (SSSR count). The van der Waals surface area contributed by atoms with Crippen molar-refractivity contribution in [3.05, 3.63) is 0 Å². The maximum atomic E-state index is 6.03. The summed E-state index contributed by atoms with van der Waals surface area (Å²) < 4.78 is -5.81. The molecule has 0 aliphatic carbocycles. The first kappa shape index (κ1) is 18.3. The van der Waals surface area contributed by atoms with Gasteiger partial charge in [-0.3, -0.25) is 0 Å². The molecule has 0 aromatic carbocycles. The van der Waals surface area contributed by atoms with E-state index in [-0.39, 0.29) is 0 Å². The molecule has 0 aliphatic rings. The molecule has 0 N–H and O–H groups in total. The second-order valence-electron chi connectivity index (χ2n) is 3.30. The van der Waals surface area contributed by atoms with Crippen LogP contribution in [0.4, 0.5) is 0 Å².